The largest absolute Gasteiger partial charge is 0.469 e. The summed E-state index contributed by atoms with van der Waals surface area (Å²) in [5, 5.41) is 0. The highest BCUT2D eigenvalue weighted by Crippen LogP contribution is 2.00. The van der Waals surface area contributed by atoms with Crippen LogP contribution in [0.2, 0.25) is 0 Å². The van der Waals surface area contributed by atoms with Crippen molar-refractivity contribution in [2.45, 2.75) is 39.0 Å². The Morgan fingerprint density at radius 3 is 0.840 bits per heavy atom. The van der Waals surface area contributed by atoms with Gasteiger partial charge in [0.2, 0.25) is 0 Å². The second-order valence-corrected chi connectivity index (χ2v) is 10.4. The first-order valence-corrected chi connectivity index (χ1v) is 17.9. The van der Waals surface area contributed by atoms with Crippen LogP contribution in [0.1, 0.15) is 39.0 Å². The minimum absolute atomic E-state index is 0.164. The van der Waals surface area contributed by atoms with E-state index in [1.54, 1.807) is 0 Å². The van der Waals surface area contributed by atoms with Gasteiger partial charge in [0.15, 0.2) is 0 Å². The molecular weight excluding hydrogens is 664 g/mol. The second-order valence-electron chi connectivity index (χ2n) is 10.4. The summed E-state index contributed by atoms with van der Waals surface area (Å²) in [5.74, 6) is -0.452. The van der Waals surface area contributed by atoms with Crippen molar-refractivity contribution in [2.24, 2.45) is 0 Å². The Morgan fingerprint density at radius 2 is 0.580 bits per heavy atom. The molecule has 0 saturated carbocycles. The minimum atomic E-state index is -0.289. The molecular formula is C34H66O16. The van der Waals surface area contributed by atoms with Crippen LogP contribution in [0.15, 0.2) is 0 Å². The fraction of sp³-hybridized carbons (Fsp3) is 0.941. The van der Waals surface area contributed by atoms with Crippen molar-refractivity contribution in [3.8, 4) is 0 Å². The van der Waals surface area contributed by atoms with E-state index in [2.05, 4.69) is 11.7 Å². The summed E-state index contributed by atoms with van der Waals surface area (Å²) in [7, 11) is 1.35. The summed E-state index contributed by atoms with van der Waals surface area (Å²) in [5.41, 5.74) is 0. The number of unbranched alkanes of at least 4 members (excludes halogenated alkanes) is 2. The lowest BCUT2D eigenvalue weighted by molar-refractivity contribution is -0.145. The lowest BCUT2D eigenvalue weighted by Gasteiger charge is -2.09. The van der Waals surface area contributed by atoms with Gasteiger partial charge in [-0.2, -0.15) is 0 Å². The Hall–Kier alpha value is -1.54. The number of ether oxygens (including phenoxy) is 14. The van der Waals surface area contributed by atoms with Gasteiger partial charge in [0, 0.05) is 6.42 Å². The first-order chi connectivity index (χ1) is 24.7. The third kappa shape index (κ3) is 42.6. The predicted octanol–water partition coefficient (Wildman–Crippen LogP) is 1.87. The van der Waals surface area contributed by atoms with Gasteiger partial charge in [0.25, 0.3) is 0 Å². The highest BCUT2D eigenvalue weighted by molar-refractivity contribution is 5.69. The number of carbonyl (C=O) groups is 2. The summed E-state index contributed by atoms with van der Waals surface area (Å²) in [6.45, 7) is 13.6. The predicted molar refractivity (Wildman–Crippen MR) is 182 cm³/mol. The normalized spacial score (nSPS) is 11.3. The summed E-state index contributed by atoms with van der Waals surface area (Å²) in [6.07, 6.45) is 3.72. The number of rotatable bonds is 43. The van der Waals surface area contributed by atoms with E-state index in [1.165, 1.54) is 7.11 Å². The Morgan fingerprint density at radius 1 is 0.320 bits per heavy atom. The number of carbonyl (C=O) groups excluding carboxylic acids is 2. The van der Waals surface area contributed by atoms with Gasteiger partial charge in [0.1, 0.15) is 6.61 Å². The van der Waals surface area contributed by atoms with Gasteiger partial charge < -0.3 is 66.3 Å². The Kier molecular flexibility index (Phi) is 42.3. The van der Waals surface area contributed by atoms with Crippen molar-refractivity contribution < 1.29 is 75.9 Å². The van der Waals surface area contributed by atoms with E-state index in [1.807, 2.05) is 0 Å². The molecule has 50 heavy (non-hydrogen) atoms. The molecule has 0 aliphatic rings. The van der Waals surface area contributed by atoms with E-state index in [9.17, 15) is 9.59 Å². The van der Waals surface area contributed by atoms with Crippen molar-refractivity contribution in [3.63, 3.8) is 0 Å². The van der Waals surface area contributed by atoms with Crippen molar-refractivity contribution in [1.82, 2.24) is 0 Å². The molecule has 0 heterocycles. The molecule has 0 unspecified atom stereocenters. The van der Waals surface area contributed by atoms with Crippen LogP contribution < -0.4 is 0 Å². The molecule has 16 heteroatoms. The SMILES string of the molecule is CCCCCC(=O)OCCOCCOCCOCCOCCOCCOCCOCCOCCOCCOCCOCCOCCC(=O)OC. The average molecular weight is 731 g/mol. The van der Waals surface area contributed by atoms with Gasteiger partial charge in [0.05, 0.1) is 172 Å². The highest BCUT2D eigenvalue weighted by atomic mass is 16.6. The number of hydrogen-bond donors (Lipinski definition) is 0. The molecule has 0 aliphatic carbocycles. The number of hydrogen-bond acceptors (Lipinski definition) is 16. The molecule has 0 fully saturated rings. The maximum Gasteiger partial charge on any atom is 0.307 e. The quantitative estimate of drug-likeness (QED) is 0.0659. The zero-order valence-electron chi connectivity index (χ0n) is 30.7. The summed E-state index contributed by atoms with van der Waals surface area (Å²) in [6, 6.07) is 0. The Bertz CT molecular complexity index is 688. The van der Waals surface area contributed by atoms with Crippen LogP contribution in [0.25, 0.3) is 0 Å². The molecule has 0 bridgehead atoms. The molecule has 0 atom stereocenters. The summed E-state index contributed by atoms with van der Waals surface area (Å²) < 4.78 is 74.8. The number of esters is 2. The van der Waals surface area contributed by atoms with Crippen LogP contribution in [0, 0.1) is 0 Å². The summed E-state index contributed by atoms with van der Waals surface area (Å²) in [4.78, 5) is 22.4. The van der Waals surface area contributed by atoms with Crippen molar-refractivity contribution in [2.75, 3.05) is 172 Å². The highest BCUT2D eigenvalue weighted by Gasteiger charge is 2.02. The van der Waals surface area contributed by atoms with Gasteiger partial charge in [-0.15, -0.1) is 0 Å². The van der Waals surface area contributed by atoms with E-state index in [0.29, 0.717) is 165 Å². The van der Waals surface area contributed by atoms with Crippen LogP contribution in [0.3, 0.4) is 0 Å². The lowest BCUT2D eigenvalue weighted by Crippen LogP contribution is -2.16. The molecule has 0 radical (unpaired) electrons. The van der Waals surface area contributed by atoms with Crippen LogP contribution in [-0.4, -0.2) is 184 Å². The zero-order chi connectivity index (χ0) is 36.3. The fourth-order valence-electron chi connectivity index (χ4n) is 3.58. The molecule has 0 aromatic rings. The third-order valence-electron chi connectivity index (χ3n) is 6.25. The van der Waals surface area contributed by atoms with Crippen LogP contribution in [0.5, 0.6) is 0 Å². The molecule has 0 rings (SSSR count). The molecule has 0 saturated heterocycles. The van der Waals surface area contributed by atoms with Crippen molar-refractivity contribution in [1.29, 1.82) is 0 Å². The van der Waals surface area contributed by atoms with Crippen molar-refractivity contribution >= 4 is 11.9 Å². The topological polar surface area (TPSA) is 163 Å². The van der Waals surface area contributed by atoms with Gasteiger partial charge in [-0.25, -0.2) is 0 Å². The van der Waals surface area contributed by atoms with E-state index in [4.69, 9.17) is 61.6 Å². The Balaban J connectivity index is 3.08. The molecule has 0 aromatic carbocycles. The lowest BCUT2D eigenvalue weighted by atomic mass is 10.2. The van der Waals surface area contributed by atoms with E-state index in [0.717, 1.165) is 19.3 Å². The zero-order valence-corrected chi connectivity index (χ0v) is 30.7. The maximum absolute atomic E-state index is 11.5. The Labute approximate surface area is 299 Å². The van der Waals surface area contributed by atoms with Gasteiger partial charge in [-0.3, -0.25) is 9.59 Å². The van der Waals surface area contributed by atoms with Gasteiger partial charge >= 0.3 is 11.9 Å². The summed E-state index contributed by atoms with van der Waals surface area (Å²) >= 11 is 0. The van der Waals surface area contributed by atoms with Crippen molar-refractivity contribution in [3.05, 3.63) is 0 Å². The fourth-order valence-corrected chi connectivity index (χ4v) is 3.58. The van der Waals surface area contributed by atoms with Gasteiger partial charge in [-0.1, -0.05) is 19.8 Å². The van der Waals surface area contributed by atoms with Crippen LogP contribution in [-0.2, 0) is 75.9 Å². The first-order valence-electron chi connectivity index (χ1n) is 17.9. The number of methoxy groups -OCH3 is 1. The molecule has 0 spiro atoms. The monoisotopic (exact) mass is 730 g/mol. The standard InChI is InChI=1S/C34H66O16/c1-3-4-5-6-34(36)50-32-31-49-30-29-48-28-27-47-26-25-46-24-23-45-22-21-44-20-19-43-18-17-42-16-15-41-14-13-40-12-11-39-10-9-38-8-7-33(35)37-2/h3-32H2,1-2H3. The van der Waals surface area contributed by atoms with Crippen LogP contribution in [0.4, 0.5) is 0 Å². The molecule has 0 aromatic heterocycles. The molecule has 0 amide bonds. The second kappa shape index (κ2) is 43.6. The van der Waals surface area contributed by atoms with E-state index < -0.39 is 0 Å². The third-order valence-corrected chi connectivity index (χ3v) is 6.25. The first kappa shape index (κ1) is 48.5. The van der Waals surface area contributed by atoms with Gasteiger partial charge in [-0.05, 0) is 6.42 Å². The maximum atomic E-state index is 11.5. The average Bonchev–Trinajstić information content (AvgIpc) is 3.12. The molecule has 0 N–H and O–H groups in total. The minimum Gasteiger partial charge on any atom is -0.469 e. The smallest absolute Gasteiger partial charge is 0.307 e. The van der Waals surface area contributed by atoms with E-state index >= 15 is 0 Å². The van der Waals surface area contributed by atoms with Crippen LogP contribution >= 0.6 is 0 Å². The van der Waals surface area contributed by atoms with E-state index in [-0.39, 0.29) is 25.0 Å². The molecule has 16 nitrogen and oxygen atoms in total. The molecule has 298 valence electrons. The molecule has 0 aliphatic heterocycles.